The molecular formula is C33H35F3N2O6. The summed E-state index contributed by atoms with van der Waals surface area (Å²) >= 11 is 0. The van der Waals surface area contributed by atoms with Crippen LogP contribution in [0.2, 0.25) is 0 Å². The first-order chi connectivity index (χ1) is 20.9. The predicted molar refractivity (Wildman–Crippen MR) is 153 cm³/mol. The van der Waals surface area contributed by atoms with Gasteiger partial charge in [0, 0.05) is 32.2 Å². The predicted octanol–water partition coefficient (Wildman–Crippen LogP) is 4.97. The number of alkyl halides is 3. The smallest absolute Gasteiger partial charge is 0.504 e. The fraction of sp³-hybridized carbons (Fsp3) is 0.515. The molecule has 1 amide bonds. The molecule has 2 aromatic carbocycles. The van der Waals surface area contributed by atoms with Gasteiger partial charge in [-0.15, -0.1) is 13.2 Å². The second kappa shape index (κ2) is 10.2. The lowest BCUT2D eigenvalue weighted by atomic mass is 9.48. The number of phenols is 1. The second-order valence-electron chi connectivity index (χ2n) is 12.9. The molecule has 3 fully saturated rings. The van der Waals surface area contributed by atoms with Gasteiger partial charge in [-0.05, 0) is 86.4 Å². The average molecular weight is 613 g/mol. The number of piperidine rings is 1. The highest BCUT2D eigenvalue weighted by Gasteiger charge is 2.75. The normalized spacial score (nSPS) is 30.4. The van der Waals surface area contributed by atoms with E-state index in [1.165, 1.54) is 50.1 Å². The van der Waals surface area contributed by atoms with Crippen molar-refractivity contribution in [1.82, 2.24) is 9.80 Å². The lowest BCUT2D eigenvalue weighted by Crippen LogP contribution is -2.79. The minimum atomic E-state index is -4.82. The highest BCUT2D eigenvalue weighted by Crippen LogP contribution is 2.67. The average Bonchev–Trinajstić information content (AvgIpc) is 3.70. The van der Waals surface area contributed by atoms with Crippen LogP contribution in [0.5, 0.6) is 17.2 Å². The lowest BCUT2D eigenvalue weighted by Gasteiger charge is -2.65. The first-order valence-electron chi connectivity index (χ1n) is 15.2. The minimum Gasteiger partial charge on any atom is -0.504 e. The number of rotatable bonds is 7. The van der Waals surface area contributed by atoms with Crippen molar-refractivity contribution in [1.29, 1.82) is 0 Å². The zero-order valence-electron chi connectivity index (χ0n) is 24.6. The molecule has 1 saturated heterocycles. The molecule has 1 spiro atoms. The van der Waals surface area contributed by atoms with Crippen LogP contribution in [0.15, 0.2) is 42.5 Å². The van der Waals surface area contributed by atoms with Crippen molar-refractivity contribution in [3.05, 3.63) is 59.2 Å². The van der Waals surface area contributed by atoms with Crippen molar-refractivity contribution in [2.24, 2.45) is 5.92 Å². The molecule has 2 saturated carbocycles. The number of esters is 1. The number of likely N-dealkylation sites (tertiary alicyclic amines) is 1. The maximum Gasteiger partial charge on any atom is 0.573 e. The molecule has 44 heavy (non-hydrogen) atoms. The number of hydrogen-bond acceptors (Lipinski definition) is 7. The van der Waals surface area contributed by atoms with Crippen molar-refractivity contribution in [3.8, 4) is 17.2 Å². The molecule has 0 aromatic heterocycles. The summed E-state index contributed by atoms with van der Waals surface area (Å²) in [6, 6.07) is 8.55. The molecular weight excluding hydrogens is 577 g/mol. The van der Waals surface area contributed by atoms with Crippen LogP contribution in [0.4, 0.5) is 13.2 Å². The summed E-state index contributed by atoms with van der Waals surface area (Å²) in [6.07, 6.45) is 2.15. The number of hydrogen-bond donors (Lipinski definition) is 1. The largest absolute Gasteiger partial charge is 0.573 e. The van der Waals surface area contributed by atoms with E-state index in [0.29, 0.717) is 42.9 Å². The van der Waals surface area contributed by atoms with Crippen LogP contribution in [0.25, 0.3) is 6.08 Å². The maximum atomic E-state index is 13.6. The van der Waals surface area contributed by atoms with Crippen LogP contribution in [-0.4, -0.2) is 77.1 Å². The summed E-state index contributed by atoms with van der Waals surface area (Å²) in [5.74, 6) is -0.00340. The van der Waals surface area contributed by atoms with E-state index in [9.17, 15) is 27.9 Å². The zero-order valence-corrected chi connectivity index (χ0v) is 24.6. The summed E-state index contributed by atoms with van der Waals surface area (Å²) in [4.78, 5) is 30.5. The van der Waals surface area contributed by atoms with Gasteiger partial charge in [-0.3, -0.25) is 14.5 Å². The summed E-state index contributed by atoms with van der Waals surface area (Å²) in [6.45, 7) is 3.19. The van der Waals surface area contributed by atoms with Crippen molar-refractivity contribution in [3.63, 3.8) is 0 Å². The second-order valence-corrected chi connectivity index (χ2v) is 12.9. The van der Waals surface area contributed by atoms with Gasteiger partial charge in [-0.2, -0.15) is 0 Å². The lowest BCUT2D eigenvalue weighted by molar-refractivity contribution is -0.274. The molecule has 8 nitrogen and oxygen atoms in total. The number of halogens is 3. The fourth-order valence-electron chi connectivity index (χ4n) is 8.55. The molecule has 0 radical (unpaired) electrons. The Bertz CT molecular complexity index is 1540. The van der Waals surface area contributed by atoms with E-state index in [2.05, 4.69) is 9.64 Å². The zero-order chi connectivity index (χ0) is 31.0. The summed E-state index contributed by atoms with van der Waals surface area (Å²) < 4.78 is 55.2. The van der Waals surface area contributed by atoms with E-state index in [0.717, 1.165) is 24.2 Å². The molecule has 11 heteroatoms. The number of carbonyl (C=O) groups is 2. The highest BCUT2D eigenvalue weighted by molar-refractivity contribution is 5.92. The number of benzene rings is 2. The first-order valence-corrected chi connectivity index (χ1v) is 15.2. The highest BCUT2D eigenvalue weighted by atomic mass is 19.4. The Hall–Kier alpha value is -3.73. The van der Waals surface area contributed by atoms with Crippen LogP contribution in [-0.2, 0) is 26.2 Å². The van der Waals surface area contributed by atoms with Crippen LogP contribution in [0, 0.1) is 5.92 Å². The molecule has 234 valence electrons. The number of ether oxygens (including phenoxy) is 3. The summed E-state index contributed by atoms with van der Waals surface area (Å²) in [5.41, 5.74) is 0.715. The van der Waals surface area contributed by atoms with E-state index in [4.69, 9.17) is 9.47 Å². The van der Waals surface area contributed by atoms with Gasteiger partial charge in [0.15, 0.2) is 11.5 Å². The third-order valence-corrected chi connectivity index (χ3v) is 10.4. The van der Waals surface area contributed by atoms with E-state index in [1.807, 2.05) is 6.07 Å². The van der Waals surface area contributed by atoms with Crippen molar-refractivity contribution in [2.45, 2.75) is 81.0 Å². The van der Waals surface area contributed by atoms with E-state index in [-0.39, 0.29) is 29.4 Å². The van der Waals surface area contributed by atoms with Crippen molar-refractivity contribution >= 4 is 18.0 Å². The Balaban J connectivity index is 1.23. The number of likely N-dealkylation sites (N-methyl/N-ethyl adjacent to an activating group) is 1. The van der Waals surface area contributed by atoms with Gasteiger partial charge in [0.05, 0.1) is 17.5 Å². The molecule has 1 N–H and O–H groups in total. The maximum absolute atomic E-state index is 13.6. The summed E-state index contributed by atoms with van der Waals surface area (Å²) in [7, 11) is 1.69. The molecule has 2 heterocycles. The molecule has 2 unspecified atom stereocenters. The standard InChI is InChI=1S/C33H35F3N2O6/c1-19(39)43-32-13-12-24(37(2)27(41)11-8-20-4-3-5-23(16-20)44-33(34,35)36)30-31(32)14-15-38(18-21-6-7-21)26(32)17-22-9-10-25(40)29(42-30)28(22)31/h3-5,8-11,16,21,24,26,30,40H,6-7,12-15,17-18H2,1-2H3/b11-8+/t24?,26-,30?,31+,32-/m1/s1. The van der Waals surface area contributed by atoms with Crippen molar-refractivity contribution in [2.75, 3.05) is 20.1 Å². The van der Waals surface area contributed by atoms with Gasteiger partial charge in [0.25, 0.3) is 0 Å². The number of phenolic OH excluding ortho intramolecular Hbond substituents is 1. The third-order valence-electron chi connectivity index (χ3n) is 10.4. The first kappa shape index (κ1) is 29.0. The van der Waals surface area contributed by atoms with Crippen LogP contribution >= 0.6 is 0 Å². The number of carbonyl (C=O) groups excluding carboxylic acids is 2. The third kappa shape index (κ3) is 4.53. The molecule has 5 atom stereocenters. The number of amides is 1. The van der Waals surface area contributed by atoms with Gasteiger partial charge in [-0.25, -0.2) is 0 Å². The van der Waals surface area contributed by atoms with Gasteiger partial charge >= 0.3 is 12.3 Å². The quantitative estimate of drug-likeness (QED) is 0.349. The molecule has 2 aliphatic heterocycles. The molecule has 3 aliphatic carbocycles. The fourth-order valence-corrected chi connectivity index (χ4v) is 8.55. The molecule has 2 bridgehead atoms. The molecule has 5 aliphatic rings. The summed E-state index contributed by atoms with van der Waals surface area (Å²) in [5, 5.41) is 11.0. The van der Waals surface area contributed by atoms with E-state index >= 15 is 0 Å². The van der Waals surface area contributed by atoms with Gasteiger partial charge < -0.3 is 24.2 Å². The monoisotopic (exact) mass is 612 g/mol. The van der Waals surface area contributed by atoms with Crippen molar-refractivity contribution < 1.29 is 42.1 Å². The Labute approximate surface area is 253 Å². The Morgan fingerprint density at radius 3 is 2.70 bits per heavy atom. The van der Waals surface area contributed by atoms with E-state index in [1.54, 1.807) is 24.1 Å². The van der Waals surface area contributed by atoms with Gasteiger partial charge in [0.1, 0.15) is 17.5 Å². The minimum absolute atomic E-state index is 0.0247. The van der Waals surface area contributed by atoms with Gasteiger partial charge in [0.2, 0.25) is 5.91 Å². The van der Waals surface area contributed by atoms with Crippen LogP contribution in [0.3, 0.4) is 0 Å². The Kier molecular flexibility index (Phi) is 6.69. The molecule has 2 aromatic rings. The number of nitrogens with zero attached hydrogens (tertiary/aromatic N) is 2. The van der Waals surface area contributed by atoms with Gasteiger partial charge in [-0.1, -0.05) is 18.2 Å². The van der Waals surface area contributed by atoms with E-state index < -0.39 is 29.5 Å². The number of aromatic hydroxyl groups is 1. The Morgan fingerprint density at radius 1 is 1.18 bits per heavy atom. The topological polar surface area (TPSA) is 88.5 Å². The molecule has 7 rings (SSSR count). The SMILES string of the molecule is CC(=O)O[C@@]12CCC(N(C)C(=O)/C=C/c3cccc(OC(F)(F)F)c3)C3Oc4c(O)ccc5c4[C@@]31CCN(CC1CC1)[C@@H]2C5. The van der Waals surface area contributed by atoms with Crippen LogP contribution < -0.4 is 9.47 Å². The Morgan fingerprint density at radius 2 is 1.98 bits per heavy atom. The van der Waals surface area contributed by atoms with Crippen LogP contribution in [0.1, 0.15) is 55.7 Å².